The van der Waals surface area contributed by atoms with Crippen molar-refractivity contribution < 1.29 is 13.9 Å². The van der Waals surface area contributed by atoms with Crippen LogP contribution in [0.15, 0.2) is 18.3 Å². The summed E-state index contributed by atoms with van der Waals surface area (Å²) in [4.78, 5) is 16.1. The van der Waals surface area contributed by atoms with Gasteiger partial charge in [-0.15, -0.1) is 0 Å². The maximum atomic E-state index is 13.4. The topological polar surface area (TPSA) is 51.2 Å². The summed E-state index contributed by atoms with van der Waals surface area (Å²) in [5.41, 5.74) is 1.23. The van der Waals surface area contributed by atoms with Gasteiger partial charge >= 0.3 is 5.97 Å². The van der Waals surface area contributed by atoms with Gasteiger partial charge in [-0.1, -0.05) is 18.5 Å². The van der Waals surface area contributed by atoms with Crippen molar-refractivity contribution in [2.45, 2.75) is 20.3 Å². The average molecular weight is 311 g/mol. The largest absolute Gasteiger partial charge is 0.462 e. The number of nitrogens with zero attached hydrogens (tertiary/aromatic N) is 1. The van der Waals surface area contributed by atoms with Crippen LogP contribution in [0.3, 0.4) is 0 Å². The molecule has 0 radical (unpaired) electrons. The predicted octanol–water partition coefficient (Wildman–Crippen LogP) is 4.03. The van der Waals surface area contributed by atoms with Crippen molar-refractivity contribution in [1.29, 1.82) is 0 Å². The Morgan fingerprint density at radius 2 is 2.19 bits per heavy atom. The van der Waals surface area contributed by atoms with E-state index in [1.54, 1.807) is 6.92 Å². The van der Waals surface area contributed by atoms with E-state index in [9.17, 15) is 9.18 Å². The summed E-state index contributed by atoms with van der Waals surface area (Å²) in [5.74, 6) is -0.948. The number of aromatic nitrogens is 1. The number of pyridine rings is 1. The van der Waals surface area contributed by atoms with Crippen molar-refractivity contribution in [2.24, 2.45) is 0 Å². The lowest BCUT2D eigenvalue weighted by Crippen LogP contribution is -2.12. The van der Waals surface area contributed by atoms with E-state index < -0.39 is 11.8 Å². The maximum absolute atomic E-state index is 13.4. The minimum Gasteiger partial charge on any atom is -0.462 e. The Hall–Kier alpha value is -1.88. The standard InChI is InChI=1S/C15H16ClFN2O2/c1-3-5-18-14-10(15(20)21-4-2)8-19-12-7-9(17)6-11(16)13(12)14/h6-8H,3-5H2,1-2H3,(H,18,19). The Bertz CT molecular complexity index is 676. The molecule has 2 rings (SSSR count). The van der Waals surface area contributed by atoms with E-state index in [1.165, 1.54) is 18.3 Å². The maximum Gasteiger partial charge on any atom is 0.341 e. The smallest absolute Gasteiger partial charge is 0.341 e. The molecule has 2 aromatic rings. The molecule has 6 heteroatoms. The number of carbonyl (C=O) groups excluding carboxylic acids is 1. The van der Waals surface area contributed by atoms with Gasteiger partial charge < -0.3 is 10.1 Å². The fraction of sp³-hybridized carbons (Fsp3) is 0.333. The van der Waals surface area contributed by atoms with Gasteiger partial charge in [0.1, 0.15) is 11.4 Å². The first-order valence-corrected chi connectivity index (χ1v) is 7.15. The molecule has 0 fully saturated rings. The zero-order valence-electron chi connectivity index (χ0n) is 11.9. The summed E-state index contributed by atoms with van der Waals surface area (Å²) < 4.78 is 18.4. The number of hydrogen-bond acceptors (Lipinski definition) is 4. The lowest BCUT2D eigenvalue weighted by Gasteiger charge is -2.14. The molecule has 0 aliphatic heterocycles. The van der Waals surface area contributed by atoms with Crippen LogP contribution in [-0.2, 0) is 4.74 Å². The highest BCUT2D eigenvalue weighted by atomic mass is 35.5. The van der Waals surface area contributed by atoms with Gasteiger partial charge in [0.05, 0.1) is 22.8 Å². The second-order valence-corrected chi connectivity index (χ2v) is 4.88. The van der Waals surface area contributed by atoms with Gasteiger partial charge in [-0.05, 0) is 19.4 Å². The molecule has 0 unspecified atom stereocenters. The van der Waals surface area contributed by atoms with Gasteiger partial charge in [0.15, 0.2) is 0 Å². The number of benzene rings is 1. The molecule has 0 bridgehead atoms. The second-order valence-electron chi connectivity index (χ2n) is 4.48. The van der Waals surface area contributed by atoms with Crippen LogP contribution in [0.5, 0.6) is 0 Å². The Kier molecular flexibility index (Phi) is 4.96. The Labute approximate surface area is 127 Å². The second kappa shape index (κ2) is 6.72. The lowest BCUT2D eigenvalue weighted by atomic mass is 10.1. The number of halogens is 2. The van der Waals surface area contributed by atoms with E-state index in [2.05, 4.69) is 10.3 Å². The van der Waals surface area contributed by atoms with Crippen LogP contribution in [0.1, 0.15) is 30.6 Å². The summed E-state index contributed by atoms with van der Waals surface area (Å²) >= 11 is 6.13. The molecule has 0 atom stereocenters. The van der Waals surface area contributed by atoms with Crippen LogP contribution in [0, 0.1) is 5.82 Å². The zero-order valence-corrected chi connectivity index (χ0v) is 12.6. The lowest BCUT2D eigenvalue weighted by molar-refractivity contribution is 0.0527. The molecule has 112 valence electrons. The molecule has 1 aromatic heterocycles. The van der Waals surface area contributed by atoms with Crippen LogP contribution >= 0.6 is 11.6 Å². The fourth-order valence-electron chi connectivity index (χ4n) is 2.04. The minimum absolute atomic E-state index is 0.210. The molecule has 4 nitrogen and oxygen atoms in total. The number of rotatable bonds is 5. The summed E-state index contributed by atoms with van der Waals surface area (Å²) in [5, 5.41) is 3.89. The molecule has 1 aromatic carbocycles. The van der Waals surface area contributed by atoms with E-state index in [1.807, 2.05) is 6.92 Å². The molecular weight excluding hydrogens is 295 g/mol. The summed E-state index contributed by atoms with van der Waals surface area (Å²) in [7, 11) is 0. The Morgan fingerprint density at radius 3 is 2.86 bits per heavy atom. The SMILES string of the molecule is CCCNc1c(C(=O)OCC)cnc2cc(F)cc(Cl)c12. The van der Waals surface area contributed by atoms with E-state index in [4.69, 9.17) is 16.3 Å². The molecule has 1 heterocycles. The number of fused-ring (bicyclic) bond motifs is 1. The number of ether oxygens (including phenoxy) is 1. The number of hydrogen-bond donors (Lipinski definition) is 1. The van der Waals surface area contributed by atoms with Crippen molar-refractivity contribution in [1.82, 2.24) is 4.98 Å². The number of carbonyl (C=O) groups is 1. The number of anilines is 1. The summed E-state index contributed by atoms with van der Waals surface area (Å²) in [6.07, 6.45) is 2.25. The van der Waals surface area contributed by atoms with E-state index in [-0.39, 0.29) is 11.6 Å². The first-order valence-electron chi connectivity index (χ1n) is 6.77. The van der Waals surface area contributed by atoms with Crippen LogP contribution in [-0.4, -0.2) is 24.1 Å². The predicted molar refractivity (Wildman–Crippen MR) is 81.4 cm³/mol. The normalized spacial score (nSPS) is 10.7. The monoisotopic (exact) mass is 310 g/mol. The molecule has 1 N–H and O–H groups in total. The summed E-state index contributed by atoms with van der Waals surface area (Å²) in [6, 6.07) is 2.49. The summed E-state index contributed by atoms with van der Waals surface area (Å²) in [6.45, 7) is 4.65. The van der Waals surface area contributed by atoms with E-state index in [0.29, 0.717) is 28.7 Å². The van der Waals surface area contributed by atoms with Crippen LogP contribution in [0.4, 0.5) is 10.1 Å². The third kappa shape index (κ3) is 3.24. The third-order valence-corrected chi connectivity index (χ3v) is 3.23. The molecule has 0 saturated heterocycles. The highest BCUT2D eigenvalue weighted by molar-refractivity contribution is 6.36. The van der Waals surface area contributed by atoms with Gasteiger partial charge in [-0.25, -0.2) is 9.18 Å². The van der Waals surface area contributed by atoms with Crippen molar-refractivity contribution in [2.75, 3.05) is 18.5 Å². The Balaban J connectivity index is 2.66. The van der Waals surface area contributed by atoms with Crippen molar-refractivity contribution in [3.05, 3.63) is 34.7 Å². The van der Waals surface area contributed by atoms with Crippen LogP contribution in [0.2, 0.25) is 5.02 Å². The Morgan fingerprint density at radius 1 is 1.43 bits per heavy atom. The minimum atomic E-state index is -0.481. The van der Waals surface area contributed by atoms with Crippen molar-refractivity contribution in [3.63, 3.8) is 0 Å². The average Bonchev–Trinajstić information content (AvgIpc) is 2.44. The molecule has 0 spiro atoms. The van der Waals surface area contributed by atoms with Crippen molar-refractivity contribution in [3.8, 4) is 0 Å². The number of esters is 1. The molecule has 0 aliphatic rings. The van der Waals surface area contributed by atoms with Crippen molar-refractivity contribution >= 4 is 34.2 Å². The quantitative estimate of drug-likeness (QED) is 0.847. The first kappa shape index (κ1) is 15.5. The van der Waals surface area contributed by atoms with Gasteiger partial charge in [0, 0.05) is 24.2 Å². The molecule has 21 heavy (non-hydrogen) atoms. The van der Waals surface area contributed by atoms with Crippen LogP contribution < -0.4 is 5.32 Å². The molecule has 0 saturated carbocycles. The van der Waals surface area contributed by atoms with Gasteiger partial charge in [0.25, 0.3) is 0 Å². The highest BCUT2D eigenvalue weighted by Gasteiger charge is 2.18. The van der Waals surface area contributed by atoms with Gasteiger partial charge in [0.2, 0.25) is 0 Å². The molecule has 0 aliphatic carbocycles. The van der Waals surface area contributed by atoms with Crippen LogP contribution in [0.25, 0.3) is 10.9 Å². The van der Waals surface area contributed by atoms with Gasteiger partial charge in [-0.2, -0.15) is 0 Å². The zero-order chi connectivity index (χ0) is 15.4. The molecule has 0 amide bonds. The third-order valence-electron chi connectivity index (χ3n) is 2.93. The first-order chi connectivity index (χ1) is 10.1. The molecular formula is C15H16ClFN2O2. The highest BCUT2D eigenvalue weighted by Crippen LogP contribution is 2.33. The van der Waals surface area contributed by atoms with Gasteiger partial charge in [-0.3, -0.25) is 4.98 Å². The fourth-order valence-corrected chi connectivity index (χ4v) is 2.34. The number of nitrogens with one attached hydrogen (secondary N) is 1. The van der Waals surface area contributed by atoms with E-state index >= 15 is 0 Å². The van der Waals surface area contributed by atoms with E-state index in [0.717, 1.165) is 6.42 Å².